The lowest BCUT2D eigenvalue weighted by molar-refractivity contribution is -0.117. The minimum Gasteiger partial charge on any atom is -0.345 e. The van der Waals surface area contributed by atoms with Crippen molar-refractivity contribution in [2.24, 2.45) is 0 Å². The van der Waals surface area contributed by atoms with E-state index in [0.29, 0.717) is 23.8 Å². The van der Waals surface area contributed by atoms with E-state index in [9.17, 15) is 9.59 Å². The van der Waals surface area contributed by atoms with Gasteiger partial charge in [-0.1, -0.05) is 0 Å². The van der Waals surface area contributed by atoms with Crippen LogP contribution >= 0.6 is 11.3 Å². The molecule has 1 N–H and O–H groups in total. The van der Waals surface area contributed by atoms with Crippen molar-refractivity contribution in [2.75, 3.05) is 26.0 Å². The van der Waals surface area contributed by atoms with Crippen LogP contribution < -0.4 is 5.32 Å². The number of thiophene rings is 1. The molecule has 0 unspecified atom stereocenters. The maximum absolute atomic E-state index is 12.4. The summed E-state index contributed by atoms with van der Waals surface area (Å²) in [6.45, 7) is 1.21. The topological polar surface area (TPSA) is 52.7 Å². The first-order chi connectivity index (χ1) is 12.0. The molecule has 1 aliphatic rings. The van der Waals surface area contributed by atoms with Crippen LogP contribution in [0.1, 0.15) is 28.8 Å². The van der Waals surface area contributed by atoms with E-state index in [0.717, 1.165) is 6.54 Å². The van der Waals surface area contributed by atoms with Gasteiger partial charge in [0.2, 0.25) is 5.91 Å². The number of benzene rings is 1. The first kappa shape index (κ1) is 17.6. The number of carbonyl (C=O) groups is 2. The van der Waals surface area contributed by atoms with Crippen LogP contribution in [0.15, 0.2) is 41.1 Å². The minimum absolute atomic E-state index is 0.0196. The summed E-state index contributed by atoms with van der Waals surface area (Å²) in [5.74, 6) is -0.0673. The molecule has 1 heterocycles. The van der Waals surface area contributed by atoms with Crippen LogP contribution in [0, 0.1) is 0 Å². The van der Waals surface area contributed by atoms with Gasteiger partial charge in [-0.15, -0.1) is 0 Å². The summed E-state index contributed by atoms with van der Waals surface area (Å²) in [4.78, 5) is 28.0. The van der Waals surface area contributed by atoms with Crippen molar-refractivity contribution in [1.82, 2.24) is 9.80 Å². The third-order valence-electron chi connectivity index (χ3n) is 4.20. The molecular weight excluding hydrogens is 334 g/mol. The van der Waals surface area contributed by atoms with Crippen LogP contribution in [0.25, 0.3) is 0 Å². The van der Waals surface area contributed by atoms with E-state index in [2.05, 4.69) is 27.0 Å². The van der Waals surface area contributed by atoms with Gasteiger partial charge in [0.05, 0.1) is 6.54 Å². The van der Waals surface area contributed by atoms with Crippen molar-refractivity contribution in [2.45, 2.75) is 25.4 Å². The zero-order valence-electron chi connectivity index (χ0n) is 14.6. The summed E-state index contributed by atoms with van der Waals surface area (Å²) in [7, 11) is 3.44. The summed E-state index contributed by atoms with van der Waals surface area (Å²) in [5.41, 5.74) is 2.59. The van der Waals surface area contributed by atoms with Gasteiger partial charge in [-0.3, -0.25) is 14.5 Å². The molecule has 0 radical (unpaired) electrons. The van der Waals surface area contributed by atoms with E-state index in [1.807, 2.05) is 0 Å². The summed E-state index contributed by atoms with van der Waals surface area (Å²) in [6.07, 6.45) is 2.33. The molecule has 1 fully saturated rings. The molecule has 1 aromatic heterocycles. The molecule has 0 aliphatic heterocycles. The number of nitrogens with one attached hydrogen (secondary N) is 1. The Kier molecular flexibility index (Phi) is 5.50. The van der Waals surface area contributed by atoms with Crippen molar-refractivity contribution >= 4 is 28.8 Å². The Morgan fingerprint density at radius 3 is 2.44 bits per heavy atom. The lowest BCUT2D eigenvalue weighted by Gasteiger charge is -2.21. The highest BCUT2D eigenvalue weighted by Crippen LogP contribution is 2.28. The number of anilines is 1. The normalized spacial score (nSPS) is 13.7. The smallest absolute Gasteiger partial charge is 0.253 e. The summed E-state index contributed by atoms with van der Waals surface area (Å²) >= 11 is 1.68. The van der Waals surface area contributed by atoms with E-state index in [1.54, 1.807) is 49.7 Å². The van der Waals surface area contributed by atoms with E-state index >= 15 is 0 Å². The van der Waals surface area contributed by atoms with Gasteiger partial charge in [0, 0.05) is 37.9 Å². The molecule has 2 aromatic rings. The molecule has 25 heavy (non-hydrogen) atoms. The molecule has 2 amide bonds. The zero-order chi connectivity index (χ0) is 17.8. The standard InChI is InChI=1S/C19H23N3O2S/c1-21(2)19(24)15-3-5-16(6-4-15)20-18(23)12-22(17-7-8-17)11-14-9-10-25-13-14/h3-6,9-10,13,17H,7-8,11-12H2,1-2H3,(H,20,23). The monoisotopic (exact) mass is 357 g/mol. The minimum atomic E-state index is -0.0476. The number of amides is 2. The lowest BCUT2D eigenvalue weighted by atomic mass is 10.2. The predicted octanol–water partition coefficient (Wildman–Crippen LogP) is 3.05. The molecule has 5 nitrogen and oxygen atoms in total. The van der Waals surface area contributed by atoms with Gasteiger partial charge in [-0.2, -0.15) is 11.3 Å². The quantitative estimate of drug-likeness (QED) is 0.829. The van der Waals surface area contributed by atoms with Crippen molar-refractivity contribution in [1.29, 1.82) is 0 Å². The van der Waals surface area contributed by atoms with Crippen LogP contribution in [-0.4, -0.2) is 48.3 Å². The first-order valence-electron chi connectivity index (χ1n) is 8.39. The first-order valence-corrected chi connectivity index (χ1v) is 9.34. The predicted molar refractivity (Wildman–Crippen MR) is 101 cm³/mol. The van der Waals surface area contributed by atoms with Gasteiger partial charge in [0.1, 0.15) is 0 Å². The fraction of sp³-hybridized carbons (Fsp3) is 0.368. The van der Waals surface area contributed by atoms with E-state index in [1.165, 1.54) is 23.3 Å². The molecule has 1 saturated carbocycles. The largest absolute Gasteiger partial charge is 0.345 e. The second kappa shape index (κ2) is 7.80. The molecule has 1 aromatic carbocycles. The Bertz CT molecular complexity index is 722. The number of rotatable bonds is 7. The van der Waals surface area contributed by atoms with Gasteiger partial charge < -0.3 is 10.2 Å². The fourth-order valence-electron chi connectivity index (χ4n) is 2.71. The van der Waals surface area contributed by atoms with Crippen molar-refractivity contribution in [3.63, 3.8) is 0 Å². The average Bonchev–Trinajstić information content (AvgIpc) is 3.32. The Balaban J connectivity index is 1.56. The second-order valence-electron chi connectivity index (χ2n) is 6.59. The number of hydrogen-bond donors (Lipinski definition) is 1. The molecular formula is C19H23N3O2S. The van der Waals surface area contributed by atoms with Crippen LogP contribution in [0.5, 0.6) is 0 Å². The lowest BCUT2D eigenvalue weighted by Crippen LogP contribution is -2.34. The molecule has 6 heteroatoms. The highest BCUT2D eigenvalue weighted by Gasteiger charge is 2.30. The molecule has 3 rings (SSSR count). The third kappa shape index (κ3) is 4.90. The number of hydrogen-bond acceptors (Lipinski definition) is 4. The highest BCUT2D eigenvalue weighted by molar-refractivity contribution is 7.07. The van der Waals surface area contributed by atoms with Crippen LogP contribution in [0.2, 0.25) is 0 Å². The van der Waals surface area contributed by atoms with E-state index in [4.69, 9.17) is 0 Å². The average molecular weight is 357 g/mol. The van der Waals surface area contributed by atoms with Gasteiger partial charge in [0.25, 0.3) is 5.91 Å². The zero-order valence-corrected chi connectivity index (χ0v) is 15.4. The SMILES string of the molecule is CN(C)C(=O)c1ccc(NC(=O)CN(Cc2ccsc2)C2CC2)cc1. The van der Waals surface area contributed by atoms with Crippen molar-refractivity contribution < 1.29 is 9.59 Å². The number of nitrogens with zero attached hydrogens (tertiary/aromatic N) is 2. The summed E-state index contributed by atoms with van der Waals surface area (Å²) in [6, 6.07) is 9.65. The fourth-order valence-corrected chi connectivity index (χ4v) is 3.37. The summed E-state index contributed by atoms with van der Waals surface area (Å²) < 4.78 is 0. The summed E-state index contributed by atoms with van der Waals surface area (Å²) in [5, 5.41) is 7.13. The Hall–Kier alpha value is -2.18. The third-order valence-corrected chi connectivity index (χ3v) is 4.93. The Morgan fingerprint density at radius 2 is 1.88 bits per heavy atom. The molecule has 1 aliphatic carbocycles. The maximum atomic E-state index is 12.4. The molecule has 0 bridgehead atoms. The van der Waals surface area contributed by atoms with Crippen LogP contribution in [-0.2, 0) is 11.3 Å². The van der Waals surface area contributed by atoms with E-state index < -0.39 is 0 Å². The molecule has 0 atom stereocenters. The number of carbonyl (C=O) groups excluding carboxylic acids is 2. The molecule has 132 valence electrons. The van der Waals surface area contributed by atoms with Gasteiger partial charge in [0.15, 0.2) is 0 Å². The van der Waals surface area contributed by atoms with E-state index in [-0.39, 0.29) is 11.8 Å². The van der Waals surface area contributed by atoms with Gasteiger partial charge >= 0.3 is 0 Å². The van der Waals surface area contributed by atoms with Crippen molar-refractivity contribution in [3.8, 4) is 0 Å². The van der Waals surface area contributed by atoms with Crippen molar-refractivity contribution in [3.05, 3.63) is 52.2 Å². The van der Waals surface area contributed by atoms with Gasteiger partial charge in [-0.25, -0.2) is 0 Å². The maximum Gasteiger partial charge on any atom is 0.253 e. The Morgan fingerprint density at radius 1 is 1.16 bits per heavy atom. The van der Waals surface area contributed by atoms with Crippen LogP contribution in [0.4, 0.5) is 5.69 Å². The van der Waals surface area contributed by atoms with Crippen LogP contribution in [0.3, 0.4) is 0 Å². The highest BCUT2D eigenvalue weighted by atomic mass is 32.1. The van der Waals surface area contributed by atoms with Gasteiger partial charge in [-0.05, 0) is 59.5 Å². The Labute approximate surface area is 152 Å². The molecule has 0 saturated heterocycles. The second-order valence-corrected chi connectivity index (χ2v) is 7.37. The molecule has 0 spiro atoms.